The van der Waals surface area contributed by atoms with Gasteiger partial charge in [-0.25, -0.2) is 4.68 Å². The summed E-state index contributed by atoms with van der Waals surface area (Å²) in [4.78, 5) is 16.9. The number of halogens is 1. The molecule has 0 saturated heterocycles. The van der Waals surface area contributed by atoms with E-state index in [1.54, 1.807) is 16.8 Å². The molecule has 0 spiro atoms. The van der Waals surface area contributed by atoms with Crippen molar-refractivity contribution < 1.29 is 0 Å². The minimum absolute atomic E-state index is 0.128. The Labute approximate surface area is 189 Å². The monoisotopic (exact) mass is 441 g/mol. The minimum atomic E-state index is -0.128. The molecule has 5 rings (SSSR count). The number of hydrogen-bond donors (Lipinski definition) is 0. The van der Waals surface area contributed by atoms with Gasteiger partial charge in [0.2, 0.25) is 0 Å². The summed E-state index contributed by atoms with van der Waals surface area (Å²) in [6.07, 6.45) is 6.35. The number of aromatic nitrogens is 5. The van der Waals surface area contributed by atoms with E-state index >= 15 is 0 Å². The zero-order chi connectivity index (χ0) is 22.1. The fourth-order valence-corrected chi connectivity index (χ4v) is 3.90. The van der Waals surface area contributed by atoms with Crippen molar-refractivity contribution in [2.45, 2.75) is 13.0 Å². The second-order valence-electron chi connectivity index (χ2n) is 7.69. The van der Waals surface area contributed by atoms with E-state index in [0.29, 0.717) is 18.0 Å². The van der Waals surface area contributed by atoms with Gasteiger partial charge in [-0.15, -0.1) is 0 Å². The molecular formula is C25H20ClN5O. The van der Waals surface area contributed by atoms with E-state index in [2.05, 4.69) is 27.3 Å². The second-order valence-corrected chi connectivity index (χ2v) is 8.13. The fourth-order valence-electron chi connectivity index (χ4n) is 3.71. The molecule has 2 aromatic carbocycles. The molecule has 3 aromatic heterocycles. The third-order valence-electron chi connectivity index (χ3n) is 5.38. The Morgan fingerprint density at radius 3 is 2.66 bits per heavy atom. The number of fused-ring (bicyclic) bond motifs is 1. The van der Waals surface area contributed by atoms with Crippen molar-refractivity contribution in [1.29, 1.82) is 0 Å². The predicted molar refractivity (Wildman–Crippen MR) is 127 cm³/mol. The Hall–Kier alpha value is -3.77. The first-order valence-electron chi connectivity index (χ1n) is 10.3. The lowest BCUT2D eigenvalue weighted by atomic mass is 10.1. The lowest BCUT2D eigenvalue weighted by Crippen LogP contribution is -2.23. The van der Waals surface area contributed by atoms with Crippen LogP contribution in [0.3, 0.4) is 0 Å². The van der Waals surface area contributed by atoms with Crippen LogP contribution in [0.5, 0.6) is 0 Å². The lowest BCUT2D eigenvalue weighted by molar-refractivity contribution is 0.581. The van der Waals surface area contributed by atoms with Crippen molar-refractivity contribution in [1.82, 2.24) is 24.5 Å². The van der Waals surface area contributed by atoms with Crippen molar-refractivity contribution in [3.8, 4) is 22.4 Å². The molecule has 6 nitrogen and oxygen atoms in total. The van der Waals surface area contributed by atoms with Gasteiger partial charge in [0, 0.05) is 59.2 Å². The van der Waals surface area contributed by atoms with Crippen LogP contribution in [0.2, 0.25) is 5.02 Å². The van der Waals surface area contributed by atoms with Crippen LogP contribution in [-0.4, -0.2) is 24.5 Å². The van der Waals surface area contributed by atoms with Gasteiger partial charge in [0.25, 0.3) is 5.56 Å². The average Bonchev–Trinajstić information content (AvgIpc) is 3.24. The third-order valence-corrected chi connectivity index (χ3v) is 5.62. The van der Waals surface area contributed by atoms with Gasteiger partial charge in [-0.2, -0.15) is 10.2 Å². The van der Waals surface area contributed by atoms with Crippen molar-refractivity contribution in [3.05, 3.63) is 100 Å². The Morgan fingerprint density at radius 1 is 0.938 bits per heavy atom. The first-order valence-corrected chi connectivity index (χ1v) is 10.6. The average molecular weight is 442 g/mol. The summed E-state index contributed by atoms with van der Waals surface area (Å²) < 4.78 is 3.28. The summed E-state index contributed by atoms with van der Waals surface area (Å²) in [6.45, 7) is 0.481. The molecule has 0 aliphatic carbocycles. The Morgan fingerprint density at radius 2 is 1.84 bits per heavy atom. The highest BCUT2D eigenvalue weighted by atomic mass is 35.5. The predicted octanol–water partition coefficient (Wildman–Crippen LogP) is 4.76. The van der Waals surface area contributed by atoms with Crippen LogP contribution in [0.4, 0.5) is 0 Å². The highest BCUT2D eigenvalue weighted by Crippen LogP contribution is 2.23. The Kier molecular flexibility index (Phi) is 5.29. The van der Waals surface area contributed by atoms with E-state index < -0.39 is 0 Å². The second kappa shape index (κ2) is 8.40. The van der Waals surface area contributed by atoms with Crippen LogP contribution in [0, 0.1) is 0 Å². The fraction of sp³-hybridized carbons (Fsp3) is 0.120. The Balaban J connectivity index is 1.40. The molecule has 158 valence electrons. The minimum Gasteiger partial charge on any atom is -0.275 e. The molecule has 0 fully saturated rings. The normalized spacial score (nSPS) is 11.2. The van der Waals surface area contributed by atoms with Crippen LogP contribution in [0.1, 0.15) is 5.56 Å². The summed E-state index contributed by atoms with van der Waals surface area (Å²) in [7, 11) is 1.90. The summed E-state index contributed by atoms with van der Waals surface area (Å²) in [5.74, 6) is 0. The van der Waals surface area contributed by atoms with Gasteiger partial charge in [-0.3, -0.25) is 14.5 Å². The van der Waals surface area contributed by atoms with E-state index in [0.717, 1.165) is 38.9 Å². The van der Waals surface area contributed by atoms with Gasteiger partial charge in [-0.1, -0.05) is 29.8 Å². The molecular weight excluding hydrogens is 422 g/mol. The zero-order valence-corrected chi connectivity index (χ0v) is 18.2. The molecule has 7 heteroatoms. The topological polar surface area (TPSA) is 65.6 Å². The van der Waals surface area contributed by atoms with Gasteiger partial charge in [0.15, 0.2) is 0 Å². The van der Waals surface area contributed by atoms with Crippen molar-refractivity contribution in [3.63, 3.8) is 0 Å². The van der Waals surface area contributed by atoms with Gasteiger partial charge in [-0.05, 0) is 48.4 Å². The number of rotatable bonds is 5. The number of hydrogen-bond acceptors (Lipinski definition) is 4. The summed E-state index contributed by atoms with van der Waals surface area (Å²) >= 11 is 6.10. The summed E-state index contributed by atoms with van der Waals surface area (Å²) in [6, 6.07) is 19.0. The van der Waals surface area contributed by atoms with Gasteiger partial charge in [0.1, 0.15) is 0 Å². The quantitative estimate of drug-likeness (QED) is 0.394. The van der Waals surface area contributed by atoms with Crippen LogP contribution in [0.25, 0.3) is 33.3 Å². The highest BCUT2D eigenvalue weighted by Gasteiger charge is 2.07. The van der Waals surface area contributed by atoms with Crippen LogP contribution in [0.15, 0.2) is 84.0 Å². The van der Waals surface area contributed by atoms with Gasteiger partial charge < -0.3 is 0 Å². The molecule has 3 heterocycles. The molecule has 0 unspecified atom stereocenters. The maximum atomic E-state index is 12.4. The van der Waals surface area contributed by atoms with E-state index in [-0.39, 0.29) is 5.56 Å². The molecule has 0 bridgehead atoms. The Bertz CT molecular complexity index is 1490. The zero-order valence-electron chi connectivity index (χ0n) is 17.4. The van der Waals surface area contributed by atoms with Crippen molar-refractivity contribution in [2.24, 2.45) is 7.05 Å². The SMILES string of the molecule is Cn1cc(-c2cnc3ccc(CCn4nc(-c5cccc(Cl)c5)ccc4=O)cc3c2)cn1. The van der Waals surface area contributed by atoms with Crippen LogP contribution < -0.4 is 5.56 Å². The molecule has 0 aliphatic heterocycles. The van der Waals surface area contributed by atoms with E-state index in [1.807, 2.05) is 62.0 Å². The summed E-state index contributed by atoms with van der Waals surface area (Å²) in [5, 5.41) is 10.5. The molecule has 0 aliphatic rings. The number of pyridine rings is 1. The van der Waals surface area contributed by atoms with E-state index in [1.165, 1.54) is 4.68 Å². The van der Waals surface area contributed by atoms with Crippen LogP contribution >= 0.6 is 11.6 Å². The molecule has 5 aromatic rings. The molecule has 0 saturated carbocycles. The van der Waals surface area contributed by atoms with Crippen molar-refractivity contribution >= 4 is 22.5 Å². The molecule has 0 N–H and O–H groups in total. The maximum absolute atomic E-state index is 12.4. The maximum Gasteiger partial charge on any atom is 0.266 e. The molecule has 0 atom stereocenters. The first-order chi connectivity index (χ1) is 15.5. The molecule has 0 amide bonds. The van der Waals surface area contributed by atoms with Gasteiger partial charge >= 0.3 is 0 Å². The number of aryl methyl sites for hydroxylation is 3. The summed E-state index contributed by atoms with van der Waals surface area (Å²) in [5.41, 5.74) is 5.57. The lowest BCUT2D eigenvalue weighted by Gasteiger charge is -2.09. The number of benzene rings is 2. The smallest absolute Gasteiger partial charge is 0.266 e. The van der Waals surface area contributed by atoms with Crippen molar-refractivity contribution in [2.75, 3.05) is 0 Å². The number of nitrogens with zero attached hydrogens (tertiary/aromatic N) is 5. The van der Waals surface area contributed by atoms with E-state index in [9.17, 15) is 4.79 Å². The first kappa shape index (κ1) is 20.2. The highest BCUT2D eigenvalue weighted by molar-refractivity contribution is 6.30. The largest absolute Gasteiger partial charge is 0.275 e. The van der Waals surface area contributed by atoms with Gasteiger partial charge in [0.05, 0.1) is 17.4 Å². The third kappa shape index (κ3) is 4.18. The molecule has 0 radical (unpaired) electrons. The molecule has 32 heavy (non-hydrogen) atoms. The standard InChI is InChI=1S/C25H20ClN5O/c1-30-16-21(15-28-30)20-12-19-11-17(5-6-23(19)27-14-20)9-10-31-25(32)8-7-24(29-31)18-3-2-4-22(26)13-18/h2-8,11-16H,9-10H2,1H3. The van der Waals surface area contributed by atoms with E-state index in [4.69, 9.17) is 11.6 Å². The van der Waals surface area contributed by atoms with Crippen LogP contribution in [-0.2, 0) is 20.0 Å².